The maximum atomic E-state index is 6.84. The Morgan fingerprint density at radius 1 is 0.351 bits per heavy atom. The SMILES string of the molecule is C1=CC2Oc3c(-c4ccc5ccccc5c4)ccc(-c4nc(-c5ccccc5)nc(-c5ccc(-c6ccc7ccccc7c6)c(-c6ccccc6)c5)n4)c3C2C=C1. The van der Waals surface area contributed by atoms with Gasteiger partial charge in [-0.3, -0.25) is 0 Å². The lowest BCUT2D eigenvalue weighted by molar-refractivity contribution is 0.270. The average Bonchev–Trinajstić information content (AvgIpc) is 3.68. The van der Waals surface area contributed by atoms with E-state index in [1.54, 1.807) is 0 Å². The largest absolute Gasteiger partial charge is 0.484 e. The molecule has 4 heteroatoms. The molecule has 9 aromatic rings. The standard InChI is InChI=1S/C53H35N3O/c1-3-15-36(16-4-1)47-33-42(27-28-43(47)40-25-23-34-13-7-9-19-38(34)31-40)52-54-51(37-17-5-2-6-18-37)55-53(56-52)46-30-29-44(41-26-24-35-14-8-10-20-39(35)32-41)50-49(46)45-21-11-12-22-48(45)57-50/h1-33,45,48H. The van der Waals surface area contributed by atoms with Gasteiger partial charge in [0.2, 0.25) is 0 Å². The van der Waals surface area contributed by atoms with Crippen LogP contribution in [0.1, 0.15) is 11.5 Å². The molecule has 57 heavy (non-hydrogen) atoms. The molecule has 11 rings (SSSR count). The van der Waals surface area contributed by atoms with Crippen LogP contribution in [0.15, 0.2) is 200 Å². The van der Waals surface area contributed by atoms with Gasteiger partial charge in [-0.05, 0) is 85.8 Å². The van der Waals surface area contributed by atoms with Gasteiger partial charge in [-0.2, -0.15) is 0 Å². The first-order valence-electron chi connectivity index (χ1n) is 19.4. The van der Waals surface area contributed by atoms with E-state index in [0.29, 0.717) is 17.5 Å². The van der Waals surface area contributed by atoms with E-state index in [1.165, 1.54) is 21.5 Å². The third-order valence-corrected chi connectivity index (χ3v) is 11.3. The highest BCUT2D eigenvalue weighted by Crippen LogP contribution is 2.51. The summed E-state index contributed by atoms with van der Waals surface area (Å²) in [7, 11) is 0. The van der Waals surface area contributed by atoms with Crippen molar-refractivity contribution in [1.29, 1.82) is 0 Å². The number of hydrogen-bond donors (Lipinski definition) is 0. The fourth-order valence-corrected chi connectivity index (χ4v) is 8.42. The van der Waals surface area contributed by atoms with Crippen LogP contribution in [0.4, 0.5) is 0 Å². The molecule has 0 saturated carbocycles. The van der Waals surface area contributed by atoms with E-state index in [0.717, 1.165) is 61.4 Å². The predicted octanol–water partition coefficient (Wildman–Crippen LogP) is 13.2. The summed E-state index contributed by atoms with van der Waals surface area (Å²) in [6.45, 7) is 0. The quantitative estimate of drug-likeness (QED) is 0.171. The minimum Gasteiger partial charge on any atom is -0.484 e. The normalized spacial score (nSPS) is 15.4. The maximum absolute atomic E-state index is 6.84. The number of rotatable bonds is 6. The van der Waals surface area contributed by atoms with Crippen molar-refractivity contribution in [2.45, 2.75) is 12.0 Å². The van der Waals surface area contributed by atoms with Crippen LogP contribution >= 0.6 is 0 Å². The van der Waals surface area contributed by atoms with Crippen LogP contribution < -0.4 is 4.74 Å². The van der Waals surface area contributed by atoms with Gasteiger partial charge in [0.05, 0.1) is 0 Å². The molecule has 8 aromatic carbocycles. The third kappa shape index (κ3) is 5.90. The molecular formula is C53H35N3O. The second kappa shape index (κ2) is 13.7. The van der Waals surface area contributed by atoms with E-state index in [4.69, 9.17) is 19.7 Å². The summed E-state index contributed by atoms with van der Waals surface area (Å²) >= 11 is 0. The van der Waals surface area contributed by atoms with Crippen LogP contribution in [0.25, 0.3) is 89.1 Å². The van der Waals surface area contributed by atoms with Gasteiger partial charge < -0.3 is 4.74 Å². The van der Waals surface area contributed by atoms with Crippen molar-refractivity contribution in [3.05, 3.63) is 206 Å². The highest BCUT2D eigenvalue weighted by atomic mass is 16.5. The van der Waals surface area contributed by atoms with Gasteiger partial charge in [-0.1, -0.05) is 164 Å². The van der Waals surface area contributed by atoms with Crippen LogP contribution in [-0.2, 0) is 0 Å². The lowest BCUT2D eigenvalue weighted by atomic mass is 9.86. The zero-order valence-electron chi connectivity index (χ0n) is 31.0. The van der Waals surface area contributed by atoms with Gasteiger partial charge in [0.15, 0.2) is 17.5 Å². The molecule has 1 aliphatic carbocycles. The minimum atomic E-state index is -0.115. The molecule has 0 amide bonds. The highest BCUT2D eigenvalue weighted by molar-refractivity contribution is 5.93. The molecule has 0 bridgehead atoms. The maximum Gasteiger partial charge on any atom is 0.164 e. The first kappa shape index (κ1) is 33.0. The summed E-state index contributed by atoms with van der Waals surface area (Å²) in [5.74, 6) is 2.75. The predicted molar refractivity (Wildman–Crippen MR) is 233 cm³/mol. The van der Waals surface area contributed by atoms with E-state index in [9.17, 15) is 0 Å². The summed E-state index contributed by atoms with van der Waals surface area (Å²) in [6, 6.07) is 62.0. The molecule has 2 aliphatic rings. The van der Waals surface area contributed by atoms with Gasteiger partial charge >= 0.3 is 0 Å². The van der Waals surface area contributed by atoms with Gasteiger partial charge in [-0.15, -0.1) is 0 Å². The van der Waals surface area contributed by atoms with Crippen molar-refractivity contribution in [2.75, 3.05) is 0 Å². The summed E-state index contributed by atoms with van der Waals surface area (Å²) in [5.41, 5.74) is 10.6. The second-order valence-corrected chi connectivity index (χ2v) is 14.7. The zero-order valence-corrected chi connectivity index (χ0v) is 31.0. The monoisotopic (exact) mass is 729 g/mol. The smallest absolute Gasteiger partial charge is 0.164 e. The molecule has 0 saturated heterocycles. The Hall–Kier alpha value is -7.43. The molecule has 4 nitrogen and oxygen atoms in total. The zero-order chi connectivity index (χ0) is 37.7. The molecule has 0 fully saturated rings. The van der Waals surface area contributed by atoms with Crippen molar-refractivity contribution < 1.29 is 4.74 Å². The summed E-state index contributed by atoms with van der Waals surface area (Å²) < 4.78 is 6.84. The number of allylic oxidation sites excluding steroid dienone is 2. The minimum absolute atomic E-state index is 0.0201. The number of aromatic nitrogens is 3. The number of fused-ring (bicyclic) bond motifs is 5. The van der Waals surface area contributed by atoms with Crippen molar-refractivity contribution >= 4 is 21.5 Å². The van der Waals surface area contributed by atoms with Crippen LogP contribution in [0.5, 0.6) is 5.75 Å². The summed E-state index contributed by atoms with van der Waals surface area (Å²) in [4.78, 5) is 15.7. The molecule has 268 valence electrons. The number of ether oxygens (including phenoxy) is 1. The first-order chi connectivity index (χ1) is 28.2. The van der Waals surface area contributed by atoms with E-state index >= 15 is 0 Å². The van der Waals surface area contributed by atoms with Crippen molar-refractivity contribution in [2.24, 2.45) is 0 Å². The molecule has 0 spiro atoms. The lowest BCUT2D eigenvalue weighted by Gasteiger charge is -2.17. The van der Waals surface area contributed by atoms with Gasteiger partial charge in [0.1, 0.15) is 11.9 Å². The van der Waals surface area contributed by atoms with Crippen LogP contribution in [0.3, 0.4) is 0 Å². The Morgan fingerprint density at radius 3 is 1.58 bits per heavy atom. The first-order valence-corrected chi connectivity index (χ1v) is 19.4. The van der Waals surface area contributed by atoms with Gasteiger partial charge in [-0.25, -0.2) is 15.0 Å². The van der Waals surface area contributed by atoms with E-state index < -0.39 is 0 Å². The number of benzene rings is 8. The molecule has 0 radical (unpaired) electrons. The Morgan fingerprint density at radius 2 is 0.877 bits per heavy atom. The lowest BCUT2D eigenvalue weighted by Crippen LogP contribution is -2.16. The molecule has 2 unspecified atom stereocenters. The van der Waals surface area contributed by atoms with Gasteiger partial charge in [0, 0.05) is 33.7 Å². The Kier molecular flexibility index (Phi) is 7.92. The second-order valence-electron chi connectivity index (χ2n) is 14.7. The van der Waals surface area contributed by atoms with Crippen LogP contribution in [-0.4, -0.2) is 21.1 Å². The van der Waals surface area contributed by atoms with E-state index in [-0.39, 0.29) is 12.0 Å². The third-order valence-electron chi connectivity index (χ3n) is 11.3. The van der Waals surface area contributed by atoms with Crippen LogP contribution in [0.2, 0.25) is 0 Å². The Balaban J connectivity index is 1.10. The highest BCUT2D eigenvalue weighted by Gasteiger charge is 2.37. The fraction of sp³-hybridized carbons (Fsp3) is 0.0377. The van der Waals surface area contributed by atoms with E-state index in [2.05, 4.69) is 182 Å². The summed E-state index contributed by atoms with van der Waals surface area (Å²) in [6.07, 6.45) is 8.46. The fourth-order valence-electron chi connectivity index (χ4n) is 8.42. The van der Waals surface area contributed by atoms with E-state index in [1.807, 2.05) is 18.2 Å². The molecule has 1 aromatic heterocycles. The molecule has 0 N–H and O–H groups in total. The molecule has 2 heterocycles. The Bertz CT molecular complexity index is 3060. The average molecular weight is 730 g/mol. The number of hydrogen-bond acceptors (Lipinski definition) is 4. The van der Waals surface area contributed by atoms with Crippen LogP contribution in [0, 0.1) is 0 Å². The van der Waals surface area contributed by atoms with Crippen molar-refractivity contribution in [3.8, 4) is 73.3 Å². The molecular weight excluding hydrogens is 695 g/mol. The topological polar surface area (TPSA) is 47.9 Å². The number of nitrogens with zero attached hydrogens (tertiary/aromatic N) is 3. The molecule has 1 aliphatic heterocycles. The van der Waals surface area contributed by atoms with Crippen molar-refractivity contribution in [1.82, 2.24) is 15.0 Å². The van der Waals surface area contributed by atoms with Gasteiger partial charge in [0.25, 0.3) is 0 Å². The Labute approximate surface area is 331 Å². The van der Waals surface area contributed by atoms with Crippen molar-refractivity contribution in [3.63, 3.8) is 0 Å². The molecule has 2 atom stereocenters. The summed E-state index contributed by atoms with van der Waals surface area (Å²) in [5, 5.41) is 4.83.